The number of carbonyl (C=O) groups is 1. The minimum Gasteiger partial charge on any atom is -0.478 e. The summed E-state index contributed by atoms with van der Waals surface area (Å²) in [5.74, 6) is 0.142. The molecule has 0 unspecified atom stereocenters. The van der Waals surface area contributed by atoms with Crippen molar-refractivity contribution >= 4 is 17.0 Å². The molecule has 4 heteroatoms. The number of rotatable bonds is 5. The van der Waals surface area contributed by atoms with E-state index in [1.165, 1.54) is 0 Å². The number of hydrogen-bond acceptors (Lipinski definition) is 2. The second-order valence-electron chi connectivity index (χ2n) is 5.79. The first-order valence-corrected chi connectivity index (χ1v) is 7.16. The summed E-state index contributed by atoms with van der Waals surface area (Å²) in [5, 5.41) is 9.18. The van der Waals surface area contributed by atoms with Crippen molar-refractivity contribution in [3.05, 3.63) is 29.6 Å². The van der Waals surface area contributed by atoms with Gasteiger partial charge >= 0.3 is 5.97 Å². The van der Waals surface area contributed by atoms with Crippen LogP contribution >= 0.6 is 0 Å². The van der Waals surface area contributed by atoms with Gasteiger partial charge in [0.15, 0.2) is 0 Å². The Morgan fingerprint density at radius 2 is 2.05 bits per heavy atom. The van der Waals surface area contributed by atoms with Gasteiger partial charge in [0, 0.05) is 12.0 Å². The Balaban J connectivity index is 2.74. The van der Waals surface area contributed by atoms with E-state index in [0.717, 1.165) is 36.1 Å². The zero-order valence-electron chi connectivity index (χ0n) is 12.6. The highest BCUT2D eigenvalue weighted by molar-refractivity contribution is 5.92. The lowest BCUT2D eigenvalue weighted by molar-refractivity contribution is 0.0697. The average Bonchev–Trinajstić information content (AvgIpc) is 2.76. The lowest BCUT2D eigenvalue weighted by Crippen LogP contribution is -2.27. The van der Waals surface area contributed by atoms with Crippen molar-refractivity contribution in [1.29, 1.82) is 0 Å². The highest BCUT2D eigenvalue weighted by Gasteiger charge is 2.24. The molecular formula is C16H22N2O2. The van der Waals surface area contributed by atoms with Gasteiger partial charge < -0.3 is 9.67 Å². The van der Waals surface area contributed by atoms with Crippen LogP contribution < -0.4 is 0 Å². The third-order valence-corrected chi connectivity index (χ3v) is 3.92. The fraction of sp³-hybridized carbons (Fsp3) is 0.500. The van der Waals surface area contributed by atoms with Crippen LogP contribution in [0.1, 0.15) is 56.7 Å². The number of carboxylic acid groups (broad SMARTS) is 1. The summed E-state index contributed by atoms with van der Waals surface area (Å²) in [7, 11) is 0. The zero-order valence-corrected chi connectivity index (χ0v) is 12.6. The van der Waals surface area contributed by atoms with E-state index in [4.69, 9.17) is 0 Å². The Kier molecular flexibility index (Phi) is 3.84. The molecule has 0 spiro atoms. The molecule has 0 fully saturated rings. The minimum atomic E-state index is -0.897. The molecule has 0 aliphatic heterocycles. The monoisotopic (exact) mass is 274 g/mol. The quantitative estimate of drug-likeness (QED) is 0.901. The third-order valence-electron chi connectivity index (χ3n) is 3.92. The number of nitrogens with zero attached hydrogens (tertiary/aromatic N) is 2. The number of benzene rings is 1. The number of aromatic nitrogens is 2. The summed E-state index contributed by atoms with van der Waals surface area (Å²) in [6.07, 6.45) is 2.89. The summed E-state index contributed by atoms with van der Waals surface area (Å²) >= 11 is 0. The maximum absolute atomic E-state index is 11.2. The van der Waals surface area contributed by atoms with Gasteiger partial charge in [0.05, 0.1) is 16.6 Å². The second-order valence-corrected chi connectivity index (χ2v) is 5.79. The number of aryl methyl sites for hydroxylation is 1. The van der Waals surface area contributed by atoms with Gasteiger partial charge in [-0.3, -0.25) is 0 Å². The standard InChI is InChI=1S/C16H22N2O2/c1-5-7-14-17-12-9-8-11(15(19)20)10-13(12)18(14)16(3,4)6-2/h8-10H,5-7H2,1-4H3,(H,19,20). The molecule has 0 atom stereocenters. The van der Waals surface area contributed by atoms with Crippen molar-refractivity contribution in [2.24, 2.45) is 0 Å². The van der Waals surface area contributed by atoms with Crippen LogP contribution in [0.5, 0.6) is 0 Å². The first-order chi connectivity index (χ1) is 9.40. The van der Waals surface area contributed by atoms with Gasteiger partial charge in [-0.1, -0.05) is 13.8 Å². The topological polar surface area (TPSA) is 55.1 Å². The number of hydrogen-bond donors (Lipinski definition) is 1. The lowest BCUT2D eigenvalue weighted by atomic mass is 10.0. The van der Waals surface area contributed by atoms with Crippen LogP contribution in [0.25, 0.3) is 11.0 Å². The fourth-order valence-electron chi connectivity index (χ4n) is 2.48. The van der Waals surface area contributed by atoms with E-state index < -0.39 is 5.97 Å². The van der Waals surface area contributed by atoms with Crippen molar-refractivity contribution in [3.8, 4) is 0 Å². The lowest BCUT2D eigenvalue weighted by Gasteiger charge is -2.28. The first kappa shape index (κ1) is 14.6. The summed E-state index contributed by atoms with van der Waals surface area (Å²) in [6.45, 7) is 8.61. The third kappa shape index (κ3) is 2.42. The highest BCUT2D eigenvalue weighted by Crippen LogP contribution is 2.29. The summed E-state index contributed by atoms with van der Waals surface area (Å²) in [6, 6.07) is 5.16. The van der Waals surface area contributed by atoms with Crippen molar-refractivity contribution in [2.45, 2.75) is 52.5 Å². The van der Waals surface area contributed by atoms with Gasteiger partial charge in [-0.05, 0) is 44.9 Å². The largest absolute Gasteiger partial charge is 0.478 e. The van der Waals surface area contributed by atoms with Crippen LogP contribution in [0.15, 0.2) is 18.2 Å². The first-order valence-electron chi connectivity index (χ1n) is 7.16. The Morgan fingerprint density at radius 1 is 1.35 bits per heavy atom. The van der Waals surface area contributed by atoms with Crippen LogP contribution in [-0.2, 0) is 12.0 Å². The fourth-order valence-corrected chi connectivity index (χ4v) is 2.48. The summed E-state index contributed by atoms with van der Waals surface area (Å²) in [4.78, 5) is 15.9. The average molecular weight is 274 g/mol. The van der Waals surface area contributed by atoms with E-state index in [9.17, 15) is 9.90 Å². The van der Waals surface area contributed by atoms with Gasteiger partial charge in [-0.15, -0.1) is 0 Å². The number of imidazole rings is 1. The van der Waals surface area contributed by atoms with E-state index in [-0.39, 0.29) is 5.54 Å². The molecule has 1 aromatic carbocycles. The molecule has 2 aromatic rings. The predicted molar refractivity (Wildman–Crippen MR) is 80.3 cm³/mol. The van der Waals surface area contributed by atoms with E-state index in [2.05, 4.69) is 37.2 Å². The van der Waals surface area contributed by atoms with Crippen molar-refractivity contribution in [2.75, 3.05) is 0 Å². The molecule has 1 N–H and O–H groups in total. The molecule has 0 amide bonds. The molecule has 1 heterocycles. The van der Waals surface area contributed by atoms with Gasteiger partial charge in [-0.2, -0.15) is 0 Å². The SMILES string of the molecule is CCCc1nc2ccc(C(=O)O)cc2n1C(C)(C)CC. The van der Waals surface area contributed by atoms with Crippen LogP contribution in [-0.4, -0.2) is 20.6 Å². The van der Waals surface area contributed by atoms with Crippen molar-refractivity contribution in [1.82, 2.24) is 9.55 Å². The number of aromatic carboxylic acids is 1. The molecule has 108 valence electrons. The second kappa shape index (κ2) is 5.27. The molecule has 0 bridgehead atoms. The van der Waals surface area contributed by atoms with E-state index in [1.807, 2.05) is 0 Å². The molecular weight excluding hydrogens is 252 g/mol. The molecule has 20 heavy (non-hydrogen) atoms. The molecule has 0 saturated carbocycles. The van der Waals surface area contributed by atoms with Gasteiger partial charge in [0.25, 0.3) is 0 Å². The van der Waals surface area contributed by atoms with E-state index in [1.54, 1.807) is 18.2 Å². The molecule has 4 nitrogen and oxygen atoms in total. The smallest absolute Gasteiger partial charge is 0.335 e. The van der Waals surface area contributed by atoms with Gasteiger partial charge in [-0.25, -0.2) is 9.78 Å². The zero-order chi connectivity index (χ0) is 14.9. The predicted octanol–water partition coefficient (Wildman–Crippen LogP) is 3.83. The molecule has 1 aromatic heterocycles. The Labute approximate surface area is 119 Å². The molecule has 0 aliphatic carbocycles. The highest BCUT2D eigenvalue weighted by atomic mass is 16.4. The van der Waals surface area contributed by atoms with Crippen LogP contribution in [0.3, 0.4) is 0 Å². The Hall–Kier alpha value is -1.84. The maximum Gasteiger partial charge on any atom is 0.335 e. The Bertz CT molecular complexity index is 641. The summed E-state index contributed by atoms with van der Waals surface area (Å²) < 4.78 is 2.21. The molecule has 0 aliphatic rings. The summed E-state index contributed by atoms with van der Waals surface area (Å²) in [5.41, 5.74) is 2.03. The van der Waals surface area contributed by atoms with Crippen molar-refractivity contribution in [3.63, 3.8) is 0 Å². The van der Waals surface area contributed by atoms with Crippen LogP contribution in [0, 0.1) is 0 Å². The van der Waals surface area contributed by atoms with E-state index >= 15 is 0 Å². The van der Waals surface area contributed by atoms with Crippen LogP contribution in [0.4, 0.5) is 0 Å². The maximum atomic E-state index is 11.2. The number of carboxylic acids is 1. The van der Waals surface area contributed by atoms with Gasteiger partial charge in [0.2, 0.25) is 0 Å². The molecule has 0 radical (unpaired) electrons. The number of fused-ring (bicyclic) bond motifs is 1. The Morgan fingerprint density at radius 3 is 2.60 bits per heavy atom. The van der Waals surface area contributed by atoms with Crippen molar-refractivity contribution < 1.29 is 9.90 Å². The molecule has 0 saturated heterocycles. The van der Waals surface area contributed by atoms with E-state index in [0.29, 0.717) is 5.56 Å². The van der Waals surface area contributed by atoms with Gasteiger partial charge in [0.1, 0.15) is 5.82 Å². The molecule has 2 rings (SSSR count). The minimum absolute atomic E-state index is 0.0730. The van der Waals surface area contributed by atoms with Crippen LogP contribution in [0.2, 0.25) is 0 Å². The normalized spacial score (nSPS) is 12.0.